The van der Waals surface area contributed by atoms with Gasteiger partial charge in [0.25, 0.3) is 5.91 Å². The number of aromatic nitrogens is 1. The first kappa shape index (κ1) is 22.9. The Labute approximate surface area is 203 Å². The second kappa shape index (κ2) is 9.42. The molecule has 0 saturated carbocycles. The van der Waals surface area contributed by atoms with Gasteiger partial charge < -0.3 is 9.88 Å². The molecule has 2 fully saturated rings. The average molecular weight is 456 g/mol. The number of piperidine rings is 1. The summed E-state index contributed by atoms with van der Waals surface area (Å²) in [5, 5.41) is 4.52. The molecule has 3 atom stereocenters. The van der Waals surface area contributed by atoms with Crippen molar-refractivity contribution in [1.82, 2.24) is 14.8 Å². The van der Waals surface area contributed by atoms with Crippen molar-refractivity contribution in [3.8, 4) is 11.3 Å². The molecule has 34 heavy (non-hydrogen) atoms. The number of benzene rings is 2. The molecule has 178 valence electrons. The fourth-order valence-electron chi connectivity index (χ4n) is 6.24. The van der Waals surface area contributed by atoms with Crippen molar-refractivity contribution >= 4 is 16.8 Å². The molecule has 3 heterocycles. The first-order valence-corrected chi connectivity index (χ1v) is 12.8. The van der Waals surface area contributed by atoms with E-state index in [1.54, 1.807) is 0 Å². The number of fused-ring (bicyclic) bond motifs is 3. The Morgan fingerprint density at radius 2 is 1.76 bits per heavy atom. The Morgan fingerprint density at radius 1 is 1.06 bits per heavy atom. The van der Waals surface area contributed by atoms with Gasteiger partial charge in [-0.3, -0.25) is 9.69 Å². The van der Waals surface area contributed by atoms with Gasteiger partial charge in [-0.15, -0.1) is 0 Å². The van der Waals surface area contributed by atoms with E-state index < -0.39 is 0 Å². The zero-order valence-electron chi connectivity index (χ0n) is 21.0. The van der Waals surface area contributed by atoms with E-state index in [9.17, 15) is 4.79 Å². The number of rotatable bonds is 6. The van der Waals surface area contributed by atoms with Gasteiger partial charge in [0.2, 0.25) is 0 Å². The van der Waals surface area contributed by atoms with Gasteiger partial charge in [0.1, 0.15) is 0 Å². The van der Waals surface area contributed by atoms with Crippen molar-refractivity contribution < 1.29 is 4.79 Å². The number of carbonyl (C=O) groups is 1. The smallest absolute Gasteiger partial charge is 0.254 e. The van der Waals surface area contributed by atoms with Gasteiger partial charge in [0.15, 0.2) is 0 Å². The highest BCUT2D eigenvalue weighted by molar-refractivity contribution is 6.13. The normalized spacial score (nSPS) is 22.2. The van der Waals surface area contributed by atoms with E-state index in [-0.39, 0.29) is 11.9 Å². The maximum atomic E-state index is 13.9. The summed E-state index contributed by atoms with van der Waals surface area (Å²) in [5.74, 6) is 0.0671. The number of hydrogen-bond acceptors (Lipinski definition) is 2. The van der Waals surface area contributed by atoms with Crippen LogP contribution in [0.25, 0.3) is 22.2 Å². The summed E-state index contributed by atoms with van der Waals surface area (Å²) < 4.78 is 2.18. The van der Waals surface area contributed by atoms with Gasteiger partial charge in [-0.2, -0.15) is 0 Å². The van der Waals surface area contributed by atoms with Crippen LogP contribution in [0.15, 0.2) is 60.2 Å². The summed E-state index contributed by atoms with van der Waals surface area (Å²) in [5.41, 5.74) is 6.57. The van der Waals surface area contributed by atoms with Gasteiger partial charge in [-0.05, 0) is 70.6 Å². The van der Waals surface area contributed by atoms with Crippen molar-refractivity contribution in [3.05, 3.63) is 71.3 Å². The van der Waals surface area contributed by atoms with E-state index in [1.807, 2.05) is 18.2 Å². The fraction of sp³-hybridized carbons (Fsp3) is 0.433. The predicted octanol–water partition coefficient (Wildman–Crippen LogP) is 6.24. The first-order chi connectivity index (χ1) is 16.4. The highest BCUT2D eigenvalue weighted by atomic mass is 16.1. The molecule has 4 nitrogen and oxygen atoms in total. The SMILES string of the molecule is CC(C)=CCCN1[C@@H]2CC[C@H]1CC(NC(=O)c1c(-c3ccccc3)n(C)c3ccc(C)cc13)C2. The molecule has 1 amide bonds. The van der Waals surface area contributed by atoms with Gasteiger partial charge in [0, 0.05) is 42.6 Å². The molecule has 0 spiro atoms. The number of nitrogens with one attached hydrogen (secondary N) is 1. The van der Waals surface area contributed by atoms with Crippen LogP contribution in [0.2, 0.25) is 0 Å². The molecule has 2 aliphatic rings. The summed E-state index contributed by atoms with van der Waals surface area (Å²) in [6.07, 6.45) is 8.11. The summed E-state index contributed by atoms with van der Waals surface area (Å²) in [6.45, 7) is 7.59. The van der Waals surface area contributed by atoms with Crippen molar-refractivity contribution in [3.63, 3.8) is 0 Å². The highest BCUT2D eigenvalue weighted by Crippen LogP contribution is 2.37. The Balaban J connectivity index is 1.41. The van der Waals surface area contributed by atoms with Crippen molar-refractivity contribution in [2.24, 2.45) is 7.05 Å². The molecule has 5 rings (SSSR count). The summed E-state index contributed by atoms with van der Waals surface area (Å²) >= 11 is 0. The quantitative estimate of drug-likeness (QED) is 0.447. The summed E-state index contributed by atoms with van der Waals surface area (Å²) in [4.78, 5) is 16.6. The Bertz CT molecular complexity index is 1200. The third-order valence-corrected chi connectivity index (χ3v) is 7.79. The van der Waals surface area contributed by atoms with Crippen LogP contribution in [0, 0.1) is 6.92 Å². The third-order valence-electron chi connectivity index (χ3n) is 7.79. The molecule has 0 aliphatic carbocycles. The van der Waals surface area contributed by atoms with Crippen LogP contribution in [-0.2, 0) is 7.05 Å². The van der Waals surface area contributed by atoms with E-state index in [0.717, 1.165) is 53.5 Å². The minimum Gasteiger partial charge on any atom is -0.349 e. The molecule has 0 radical (unpaired) electrons. The van der Waals surface area contributed by atoms with Crippen LogP contribution in [0.5, 0.6) is 0 Å². The topological polar surface area (TPSA) is 37.3 Å². The van der Waals surface area contributed by atoms with Crippen LogP contribution in [0.4, 0.5) is 0 Å². The van der Waals surface area contributed by atoms with Crippen LogP contribution in [-0.4, -0.2) is 40.0 Å². The standard InChI is InChI=1S/C30H37N3O/c1-20(2)9-8-16-33-24-13-14-25(33)19-23(18-24)31-30(34)28-26-17-21(3)12-15-27(26)32(4)29(28)22-10-6-5-7-11-22/h5-7,9-12,15,17,23-25H,8,13-14,16,18-19H2,1-4H3,(H,31,34)/t23?,24-,25+. The minimum absolute atomic E-state index is 0.0671. The second-order valence-electron chi connectivity index (χ2n) is 10.5. The Morgan fingerprint density at radius 3 is 2.44 bits per heavy atom. The third kappa shape index (κ3) is 4.32. The molecule has 2 bridgehead atoms. The van der Waals surface area contributed by atoms with Crippen molar-refractivity contribution in [1.29, 1.82) is 0 Å². The Hall–Kier alpha value is -2.85. The molecular weight excluding hydrogens is 418 g/mol. The number of nitrogens with zero attached hydrogens (tertiary/aromatic N) is 2. The largest absolute Gasteiger partial charge is 0.349 e. The molecule has 2 aliphatic heterocycles. The van der Waals surface area contributed by atoms with E-state index in [1.165, 1.54) is 24.0 Å². The molecule has 2 saturated heterocycles. The average Bonchev–Trinajstić information content (AvgIpc) is 3.22. The molecule has 1 unspecified atom stereocenters. The zero-order valence-corrected chi connectivity index (χ0v) is 21.0. The zero-order chi connectivity index (χ0) is 23.8. The van der Waals surface area contributed by atoms with Gasteiger partial charge >= 0.3 is 0 Å². The van der Waals surface area contributed by atoms with E-state index in [4.69, 9.17) is 0 Å². The van der Waals surface area contributed by atoms with Crippen LogP contribution in [0.3, 0.4) is 0 Å². The molecule has 1 aromatic heterocycles. The number of amides is 1. The molecular formula is C30H37N3O. The lowest BCUT2D eigenvalue weighted by molar-refractivity contribution is 0.0851. The van der Waals surface area contributed by atoms with Crippen molar-refractivity contribution in [2.45, 2.75) is 71.0 Å². The monoisotopic (exact) mass is 455 g/mol. The Kier molecular flexibility index (Phi) is 6.35. The van der Waals surface area contributed by atoms with Crippen LogP contribution >= 0.6 is 0 Å². The fourth-order valence-corrected chi connectivity index (χ4v) is 6.24. The second-order valence-corrected chi connectivity index (χ2v) is 10.5. The number of allylic oxidation sites excluding steroid dienone is 1. The van der Waals surface area contributed by atoms with Gasteiger partial charge in [-0.1, -0.05) is 53.6 Å². The van der Waals surface area contributed by atoms with Crippen LogP contribution in [0.1, 0.15) is 61.9 Å². The molecule has 4 heteroatoms. The van der Waals surface area contributed by atoms with Crippen LogP contribution < -0.4 is 5.32 Å². The van der Waals surface area contributed by atoms with E-state index >= 15 is 0 Å². The maximum Gasteiger partial charge on any atom is 0.254 e. The summed E-state index contributed by atoms with van der Waals surface area (Å²) in [6, 6.07) is 18.2. The molecule has 1 N–H and O–H groups in total. The maximum absolute atomic E-state index is 13.9. The number of aryl methyl sites for hydroxylation is 2. The van der Waals surface area contributed by atoms with Crippen molar-refractivity contribution in [2.75, 3.05) is 6.54 Å². The number of hydrogen-bond donors (Lipinski definition) is 1. The molecule has 2 aromatic carbocycles. The lowest BCUT2D eigenvalue weighted by atomic mass is 9.96. The van der Waals surface area contributed by atoms with E-state index in [2.05, 4.69) is 79.0 Å². The van der Waals surface area contributed by atoms with Gasteiger partial charge in [-0.25, -0.2) is 0 Å². The molecule has 3 aromatic rings. The lowest BCUT2D eigenvalue weighted by Crippen LogP contribution is -2.50. The number of carbonyl (C=O) groups excluding carboxylic acids is 1. The highest BCUT2D eigenvalue weighted by Gasteiger charge is 2.41. The minimum atomic E-state index is 0.0671. The van der Waals surface area contributed by atoms with E-state index in [0.29, 0.717) is 12.1 Å². The summed E-state index contributed by atoms with van der Waals surface area (Å²) in [7, 11) is 2.07. The lowest BCUT2D eigenvalue weighted by Gasteiger charge is -2.39. The van der Waals surface area contributed by atoms with Gasteiger partial charge in [0.05, 0.1) is 11.3 Å². The first-order valence-electron chi connectivity index (χ1n) is 12.8. The predicted molar refractivity (Wildman–Crippen MR) is 141 cm³/mol.